The summed E-state index contributed by atoms with van der Waals surface area (Å²) in [7, 11) is 3.38. The Kier molecular flexibility index (Phi) is 2.92. The summed E-state index contributed by atoms with van der Waals surface area (Å²) in [5, 5.41) is 0. The quantitative estimate of drug-likeness (QED) is 0.765. The van der Waals surface area contributed by atoms with Crippen molar-refractivity contribution in [3.8, 4) is 5.75 Å². The molecule has 1 fully saturated rings. The number of hydrogen-bond acceptors (Lipinski definition) is 3. The summed E-state index contributed by atoms with van der Waals surface area (Å²) in [6.45, 7) is 0.711. The molecule has 1 aromatic carbocycles. The minimum Gasteiger partial charge on any atom is -0.496 e. The lowest BCUT2D eigenvalue weighted by Crippen LogP contribution is -2.21. The smallest absolute Gasteiger partial charge is 0.155 e. The second-order valence-electron chi connectivity index (χ2n) is 3.99. The second-order valence-corrected chi connectivity index (χ2v) is 3.99. The molecule has 0 aromatic heterocycles. The highest BCUT2D eigenvalue weighted by Gasteiger charge is 2.33. The Labute approximate surface area is 93.8 Å². The molecule has 0 spiro atoms. The number of benzene rings is 1. The van der Waals surface area contributed by atoms with E-state index in [0.717, 1.165) is 0 Å². The molecule has 1 saturated heterocycles. The van der Waals surface area contributed by atoms with Crippen LogP contribution in [-0.2, 0) is 4.79 Å². The van der Waals surface area contributed by atoms with Crippen LogP contribution in [0, 0.1) is 5.82 Å². The highest BCUT2D eigenvalue weighted by atomic mass is 19.1. The van der Waals surface area contributed by atoms with Gasteiger partial charge in [-0.05, 0) is 25.2 Å². The fourth-order valence-corrected chi connectivity index (χ4v) is 2.13. The number of nitrogens with zero attached hydrogens (tertiary/aromatic N) is 1. The van der Waals surface area contributed by atoms with Crippen molar-refractivity contribution in [1.82, 2.24) is 4.90 Å². The van der Waals surface area contributed by atoms with Crippen LogP contribution in [0.4, 0.5) is 4.39 Å². The lowest BCUT2D eigenvalue weighted by atomic mass is 10.0. The largest absolute Gasteiger partial charge is 0.496 e. The number of methoxy groups -OCH3 is 1. The normalized spacial score (nSPS) is 21.4. The van der Waals surface area contributed by atoms with Gasteiger partial charge in [-0.3, -0.25) is 9.69 Å². The van der Waals surface area contributed by atoms with Crippen molar-refractivity contribution in [2.45, 2.75) is 12.5 Å². The summed E-state index contributed by atoms with van der Waals surface area (Å²) in [6, 6.07) is 3.90. The van der Waals surface area contributed by atoms with Crippen LogP contribution >= 0.6 is 0 Å². The molecule has 0 bridgehead atoms. The van der Waals surface area contributed by atoms with Gasteiger partial charge in [-0.1, -0.05) is 0 Å². The topological polar surface area (TPSA) is 29.5 Å². The Morgan fingerprint density at radius 3 is 2.81 bits per heavy atom. The number of rotatable bonds is 2. The molecule has 0 radical (unpaired) electrons. The van der Waals surface area contributed by atoms with Crippen molar-refractivity contribution in [3.63, 3.8) is 0 Å². The zero-order chi connectivity index (χ0) is 11.7. The fraction of sp³-hybridized carbons (Fsp3) is 0.417. The van der Waals surface area contributed by atoms with E-state index < -0.39 is 0 Å². The first-order valence-corrected chi connectivity index (χ1v) is 5.20. The molecular formula is C12H14FNO2. The van der Waals surface area contributed by atoms with Crippen molar-refractivity contribution in [3.05, 3.63) is 29.6 Å². The molecule has 0 saturated carbocycles. The Bertz CT molecular complexity index is 419. The van der Waals surface area contributed by atoms with E-state index in [9.17, 15) is 9.18 Å². The number of likely N-dealkylation sites (N-methyl/N-ethyl adjacent to an activating group) is 1. The first kappa shape index (κ1) is 11.1. The van der Waals surface area contributed by atoms with Crippen molar-refractivity contribution in [2.75, 3.05) is 20.7 Å². The molecule has 0 aliphatic carbocycles. The molecule has 0 N–H and O–H groups in total. The van der Waals surface area contributed by atoms with Crippen molar-refractivity contribution in [1.29, 1.82) is 0 Å². The highest BCUT2D eigenvalue weighted by Crippen LogP contribution is 2.34. The molecule has 86 valence electrons. The number of likely N-dealkylation sites (tertiary alicyclic amines) is 1. The summed E-state index contributed by atoms with van der Waals surface area (Å²) in [5.41, 5.74) is 0.618. The van der Waals surface area contributed by atoms with Gasteiger partial charge in [-0.15, -0.1) is 0 Å². The van der Waals surface area contributed by atoms with E-state index in [1.54, 1.807) is 6.07 Å². The molecule has 3 nitrogen and oxygen atoms in total. The van der Waals surface area contributed by atoms with Gasteiger partial charge in [0.05, 0.1) is 13.2 Å². The van der Waals surface area contributed by atoms with E-state index in [4.69, 9.17) is 4.74 Å². The average molecular weight is 223 g/mol. The number of carbonyl (C=O) groups is 1. The third kappa shape index (κ3) is 1.80. The van der Waals surface area contributed by atoms with Crippen LogP contribution in [0.25, 0.3) is 0 Å². The zero-order valence-electron chi connectivity index (χ0n) is 9.37. The monoisotopic (exact) mass is 223 g/mol. The van der Waals surface area contributed by atoms with Gasteiger partial charge >= 0.3 is 0 Å². The summed E-state index contributed by atoms with van der Waals surface area (Å²) < 4.78 is 18.4. The molecule has 1 aliphatic heterocycles. The highest BCUT2D eigenvalue weighted by molar-refractivity contribution is 5.88. The molecule has 1 atom stereocenters. The third-order valence-electron chi connectivity index (χ3n) is 2.94. The molecule has 4 heteroatoms. The summed E-state index contributed by atoms with van der Waals surface area (Å²) in [6.07, 6.45) is 0.515. The number of carbonyl (C=O) groups excluding carboxylic acids is 1. The van der Waals surface area contributed by atoms with E-state index in [1.165, 1.54) is 19.2 Å². The summed E-state index contributed by atoms with van der Waals surface area (Å²) in [4.78, 5) is 13.7. The first-order chi connectivity index (χ1) is 7.63. The maximum atomic E-state index is 13.2. The van der Waals surface area contributed by atoms with Gasteiger partial charge in [0.15, 0.2) is 5.78 Å². The second kappa shape index (κ2) is 4.22. The van der Waals surface area contributed by atoms with Crippen LogP contribution < -0.4 is 4.74 Å². The molecule has 1 aliphatic rings. The van der Waals surface area contributed by atoms with Gasteiger partial charge in [0.25, 0.3) is 0 Å². The van der Waals surface area contributed by atoms with Gasteiger partial charge in [0, 0.05) is 18.5 Å². The molecule has 2 rings (SSSR count). The van der Waals surface area contributed by atoms with Gasteiger partial charge in [0.2, 0.25) is 0 Å². The van der Waals surface area contributed by atoms with Crippen LogP contribution in [0.15, 0.2) is 18.2 Å². The van der Waals surface area contributed by atoms with Crippen molar-refractivity contribution >= 4 is 5.78 Å². The number of halogens is 1. The van der Waals surface area contributed by atoms with E-state index in [1.807, 2.05) is 11.9 Å². The minimum atomic E-state index is -0.370. The number of ether oxygens (including phenoxy) is 1. The maximum absolute atomic E-state index is 13.2. The van der Waals surface area contributed by atoms with Gasteiger partial charge < -0.3 is 4.74 Å². The number of Topliss-reactive ketones (excluding diaryl/α,β-unsaturated/α-hetero) is 1. The maximum Gasteiger partial charge on any atom is 0.155 e. The lowest BCUT2D eigenvalue weighted by Gasteiger charge is -2.20. The number of hydrogen-bond donors (Lipinski definition) is 0. The Balaban J connectivity index is 2.45. The molecule has 1 unspecified atom stereocenters. The summed E-state index contributed by atoms with van der Waals surface area (Å²) >= 11 is 0. The van der Waals surface area contributed by atoms with Gasteiger partial charge in [-0.25, -0.2) is 4.39 Å². The van der Waals surface area contributed by atoms with E-state index in [2.05, 4.69) is 0 Å². The average Bonchev–Trinajstić information content (AvgIpc) is 2.58. The van der Waals surface area contributed by atoms with Crippen LogP contribution in [0.3, 0.4) is 0 Å². The lowest BCUT2D eigenvalue weighted by molar-refractivity contribution is -0.119. The predicted octanol–water partition coefficient (Wildman–Crippen LogP) is 1.78. The van der Waals surface area contributed by atoms with E-state index in [-0.39, 0.29) is 17.6 Å². The van der Waals surface area contributed by atoms with Crippen LogP contribution in [0.1, 0.15) is 18.0 Å². The Morgan fingerprint density at radius 2 is 2.25 bits per heavy atom. The molecule has 1 aromatic rings. The molecule has 1 heterocycles. The van der Waals surface area contributed by atoms with E-state index in [0.29, 0.717) is 24.3 Å². The number of ketones is 1. The molecule has 0 amide bonds. The van der Waals surface area contributed by atoms with Crippen molar-refractivity contribution < 1.29 is 13.9 Å². The predicted molar refractivity (Wildman–Crippen MR) is 57.9 cm³/mol. The van der Waals surface area contributed by atoms with Crippen molar-refractivity contribution in [2.24, 2.45) is 0 Å². The third-order valence-corrected chi connectivity index (χ3v) is 2.94. The Hall–Kier alpha value is -1.42. The van der Waals surface area contributed by atoms with Crippen LogP contribution in [-0.4, -0.2) is 31.4 Å². The standard InChI is InChI=1S/C12H14FNO2/c1-14-6-5-10(15)12(14)9-7-8(13)3-4-11(9)16-2/h3-4,7,12H,5-6H2,1-2H3. The zero-order valence-corrected chi connectivity index (χ0v) is 9.37. The van der Waals surface area contributed by atoms with Gasteiger partial charge in [0.1, 0.15) is 11.6 Å². The Morgan fingerprint density at radius 1 is 1.50 bits per heavy atom. The van der Waals surface area contributed by atoms with E-state index >= 15 is 0 Å². The summed E-state index contributed by atoms with van der Waals surface area (Å²) in [5.74, 6) is 0.337. The minimum absolute atomic E-state index is 0.117. The van der Waals surface area contributed by atoms with Crippen LogP contribution in [0.2, 0.25) is 0 Å². The fourth-order valence-electron chi connectivity index (χ4n) is 2.13. The molecular weight excluding hydrogens is 209 g/mol. The first-order valence-electron chi connectivity index (χ1n) is 5.20. The molecule has 16 heavy (non-hydrogen) atoms. The SMILES string of the molecule is COc1ccc(F)cc1C1C(=O)CCN1C. The van der Waals surface area contributed by atoms with Crippen LogP contribution in [0.5, 0.6) is 5.75 Å². The van der Waals surface area contributed by atoms with Gasteiger partial charge in [-0.2, -0.15) is 0 Å².